The number of amides is 1. The number of aryl methyl sites for hydroxylation is 2. The number of nitrogens with one attached hydrogen (secondary N) is 1. The van der Waals surface area contributed by atoms with E-state index in [-0.39, 0.29) is 11.9 Å². The van der Waals surface area contributed by atoms with Crippen LogP contribution < -0.4 is 24.3 Å². The molecule has 0 saturated heterocycles. The molecule has 0 saturated carbocycles. The summed E-state index contributed by atoms with van der Waals surface area (Å²) in [5, 5.41) is 6.96. The lowest BCUT2D eigenvalue weighted by atomic mass is 10.1. The Morgan fingerprint density at radius 3 is 2.23 bits per heavy atom. The second-order valence-electron chi connectivity index (χ2n) is 8.77. The summed E-state index contributed by atoms with van der Waals surface area (Å²) < 4.78 is 27.9. The van der Waals surface area contributed by atoms with E-state index in [4.69, 9.17) is 23.5 Å². The molecule has 8 heteroatoms. The van der Waals surface area contributed by atoms with Gasteiger partial charge in [-0.15, -0.1) is 0 Å². The first-order valence-corrected chi connectivity index (χ1v) is 11.6. The summed E-state index contributed by atoms with van der Waals surface area (Å²) in [6.45, 7) is 10.7. The van der Waals surface area contributed by atoms with Crippen LogP contribution in [0, 0.1) is 19.8 Å². The lowest BCUT2D eigenvalue weighted by Gasteiger charge is -2.18. The van der Waals surface area contributed by atoms with E-state index in [1.165, 1.54) is 7.11 Å². The van der Waals surface area contributed by atoms with Crippen LogP contribution in [0.5, 0.6) is 23.0 Å². The molecule has 0 spiro atoms. The second kappa shape index (κ2) is 11.6. The molecule has 1 amide bonds. The van der Waals surface area contributed by atoms with E-state index in [1.807, 2.05) is 39.0 Å². The molecule has 35 heavy (non-hydrogen) atoms. The predicted molar refractivity (Wildman–Crippen MR) is 133 cm³/mol. The van der Waals surface area contributed by atoms with Gasteiger partial charge in [-0.25, -0.2) is 0 Å². The van der Waals surface area contributed by atoms with Gasteiger partial charge in [0.05, 0.1) is 38.1 Å². The van der Waals surface area contributed by atoms with Gasteiger partial charge in [0.25, 0.3) is 5.91 Å². The highest BCUT2D eigenvalue weighted by atomic mass is 16.5. The van der Waals surface area contributed by atoms with Gasteiger partial charge in [0.2, 0.25) is 0 Å². The van der Waals surface area contributed by atoms with Crippen LogP contribution in [0.15, 0.2) is 40.9 Å². The number of aromatic nitrogens is 1. The van der Waals surface area contributed by atoms with Crippen molar-refractivity contribution in [1.29, 1.82) is 0 Å². The Bertz CT molecular complexity index is 1140. The Morgan fingerprint density at radius 1 is 0.943 bits per heavy atom. The van der Waals surface area contributed by atoms with Gasteiger partial charge in [-0.1, -0.05) is 25.1 Å². The molecule has 0 aliphatic carbocycles. The molecule has 1 heterocycles. The molecular weight excluding hydrogens is 448 g/mol. The van der Waals surface area contributed by atoms with Crippen LogP contribution in [0.1, 0.15) is 59.8 Å². The molecule has 0 aliphatic heterocycles. The number of carbonyl (C=O) groups excluding carboxylic acids is 1. The molecule has 0 fully saturated rings. The number of benzene rings is 2. The minimum absolute atomic E-state index is 0.229. The van der Waals surface area contributed by atoms with E-state index < -0.39 is 0 Å². The molecule has 3 aromatic rings. The quantitative estimate of drug-likeness (QED) is 0.390. The number of hydrogen-bond donors (Lipinski definition) is 1. The van der Waals surface area contributed by atoms with E-state index in [1.54, 1.807) is 25.3 Å². The van der Waals surface area contributed by atoms with E-state index in [0.717, 1.165) is 16.8 Å². The summed E-state index contributed by atoms with van der Waals surface area (Å²) in [5.74, 6) is 3.19. The first-order chi connectivity index (χ1) is 16.7. The largest absolute Gasteiger partial charge is 0.493 e. The van der Waals surface area contributed by atoms with Crippen LogP contribution in [0.25, 0.3) is 0 Å². The fraction of sp³-hybridized carbons (Fsp3) is 0.407. The third-order valence-corrected chi connectivity index (χ3v) is 5.59. The molecule has 3 rings (SSSR count). The average molecular weight is 483 g/mol. The zero-order valence-electron chi connectivity index (χ0n) is 21.4. The monoisotopic (exact) mass is 482 g/mol. The van der Waals surface area contributed by atoms with Crippen LogP contribution in [-0.4, -0.2) is 31.9 Å². The minimum atomic E-state index is -0.253. The Balaban J connectivity index is 1.69. The van der Waals surface area contributed by atoms with Crippen molar-refractivity contribution in [3.05, 3.63) is 64.5 Å². The second-order valence-corrected chi connectivity index (χ2v) is 8.77. The molecule has 188 valence electrons. The highest BCUT2D eigenvalue weighted by Gasteiger charge is 2.17. The van der Waals surface area contributed by atoms with Crippen LogP contribution in [0.2, 0.25) is 0 Å². The maximum atomic E-state index is 13.0. The SMILES string of the molecule is COc1cc(C(=O)NC(C)c2ccc(OCC(C)C)c(OC)c2)ccc1OCc1c(C)noc1C. The Kier molecular flexibility index (Phi) is 8.63. The van der Waals surface area contributed by atoms with E-state index in [9.17, 15) is 4.79 Å². The topological polar surface area (TPSA) is 92.1 Å². The summed E-state index contributed by atoms with van der Waals surface area (Å²) >= 11 is 0. The van der Waals surface area contributed by atoms with Crippen molar-refractivity contribution in [3.63, 3.8) is 0 Å². The van der Waals surface area contributed by atoms with Gasteiger partial charge >= 0.3 is 0 Å². The Labute approximate surface area is 206 Å². The summed E-state index contributed by atoms with van der Waals surface area (Å²) in [5.41, 5.74) is 3.03. The molecule has 2 aromatic carbocycles. The van der Waals surface area contributed by atoms with E-state index in [0.29, 0.717) is 53.5 Å². The van der Waals surface area contributed by atoms with Crippen LogP contribution in [-0.2, 0) is 6.61 Å². The first kappa shape index (κ1) is 25.9. The molecule has 1 atom stereocenters. The average Bonchev–Trinajstić information content (AvgIpc) is 3.17. The molecule has 1 N–H and O–H groups in total. The molecule has 8 nitrogen and oxygen atoms in total. The first-order valence-electron chi connectivity index (χ1n) is 11.6. The number of ether oxygens (including phenoxy) is 4. The zero-order chi connectivity index (χ0) is 25.5. The smallest absolute Gasteiger partial charge is 0.251 e. The number of carbonyl (C=O) groups is 1. The van der Waals surface area contributed by atoms with Crippen molar-refractivity contribution in [2.75, 3.05) is 20.8 Å². The van der Waals surface area contributed by atoms with Gasteiger partial charge in [0.15, 0.2) is 23.0 Å². The number of hydrogen-bond acceptors (Lipinski definition) is 7. The lowest BCUT2D eigenvalue weighted by Crippen LogP contribution is -2.26. The van der Waals surface area contributed by atoms with Crippen molar-refractivity contribution >= 4 is 5.91 Å². The van der Waals surface area contributed by atoms with Gasteiger partial charge in [-0.3, -0.25) is 4.79 Å². The Morgan fingerprint density at radius 2 is 1.60 bits per heavy atom. The predicted octanol–water partition coefficient (Wildman–Crippen LogP) is 5.41. The van der Waals surface area contributed by atoms with Crippen molar-refractivity contribution in [1.82, 2.24) is 10.5 Å². The summed E-state index contributed by atoms with van der Waals surface area (Å²) in [7, 11) is 3.14. The van der Waals surface area contributed by atoms with Gasteiger partial charge in [-0.2, -0.15) is 0 Å². The zero-order valence-corrected chi connectivity index (χ0v) is 21.4. The van der Waals surface area contributed by atoms with Crippen LogP contribution in [0.4, 0.5) is 0 Å². The molecule has 0 bridgehead atoms. The van der Waals surface area contributed by atoms with Crippen molar-refractivity contribution in [2.45, 2.75) is 47.3 Å². The highest BCUT2D eigenvalue weighted by Crippen LogP contribution is 2.32. The molecular formula is C27H34N2O6. The van der Waals surface area contributed by atoms with Gasteiger partial charge in [0, 0.05) is 5.56 Å². The van der Waals surface area contributed by atoms with Crippen molar-refractivity contribution < 1.29 is 28.3 Å². The number of rotatable bonds is 11. The van der Waals surface area contributed by atoms with E-state index >= 15 is 0 Å². The number of nitrogens with zero attached hydrogens (tertiary/aromatic N) is 1. The summed E-state index contributed by atoms with van der Waals surface area (Å²) in [4.78, 5) is 13.0. The molecule has 1 aromatic heterocycles. The van der Waals surface area contributed by atoms with Crippen molar-refractivity contribution in [3.8, 4) is 23.0 Å². The minimum Gasteiger partial charge on any atom is -0.493 e. The normalized spacial score (nSPS) is 11.8. The maximum Gasteiger partial charge on any atom is 0.251 e. The van der Waals surface area contributed by atoms with Gasteiger partial charge < -0.3 is 28.8 Å². The Hall–Kier alpha value is -3.68. The lowest BCUT2D eigenvalue weighted by molar-refractivity contribution is 0.0939. The molecule has 1 unspecified atom stereocenters. The molecule has 0 radical (unpaired) electrons. The standard InChI is InChI=1S/C27H34N2O6/c1-16(2)14-33-23-10-8-20(12-25(23)31-6)17(3)28-27(30)21-9-11-24(26(13-21)32-7)34-15-22-18(4)29-35-19(22)5/h8-13,16-17H,14-15H2,1-7H3,(H,28,30). The number of methoxy groups -OCH3 is 2. The van der Waals surface area contributed by atoms with Crippen molar-refractivity contribution in [2.24, 2.45) is 5.92 Å². The maximum absolute atomic E-state index is 13.0. The third-order valence-electron chi connectivity index (χ3n) is 5.59. The fourth-order valence-electron chi connectivity index (χ4n) is 3.48. The van der Waals surface area contributed by atoms with Gasteiger partial charge in [0.1, 0.15) is 12.4 Å². The van der Waals surface area contributed by atoms with Crippen LogP contribution in [0.3, 0.4) is 0 Å². The highest BCUT2D eigenvalue weighted by molar-refractivity contribution is 5.95. The van der Waals surface area contributed by atoms with E-state index in [2.05, 4.69) is 24.3 Å². The molecule has 0 aliphatic rings. The summed E-state index contributed by atoms with van der Waals surface area (Å²) in [6, 6.07) is 10.5. The third kappa shape index (κ3) is 6.47. The fourth-order valence-corrected chi connectivity index (χ4v) is 3.48. The van der Waals surface area contributed by atoms with Crippen LogP contribution >= 0.6 is 0 Å². The van der Waals surface area contributed by atoms with Gasteiger partial charge in [-0.05, 0) is 62.6 Å². The summed E-state index contributed by atoms with van der Waals surface area (Å²) in [6.07, 6.45) is 0.